The molecule has 0 saturated heterocycles. The summed E-state index contributed by atoms with van der Waals surface area (Å²) in [7, 11) is 10.9. The molecule has 38 heavy (non-hydrogen) atoms. The van der Waals surface area contributed by atoms with Gasteiger partial charge in [-0.05, 0) is 55.4 Å². The number of alkyl halides is 5. The molecular formula is C22H20B3F5O7S. The van der Waals surface area contributed by atoms with E-state index in [1.54, 1.807) is 0 Å². The molecule has 4 fully saturated rings. The lowest BCUT2D eigenvalue weighted by Crippen LogP contribution is -2.59. The summed E-state index contributed by atoms with van der Waals surface area (Å²) >= 11 is 0. The molecule has 1 aromatic rings. The van der Waals surface area contributed by atoms with E-state index in [4.69, 9.17) is 32.8 Å². The van der Waals surface area contributed by atoms with Crippen molar-refractivity contribution in [2.45, 2.75) is 61.6 Å². The van der Waals surface area contributed by atoms with Gasteiger partial charge in [0.05, 0.1) is 19.3 Å². The molecule has 7 nitrogen and oxygen atoms in total. The second-order valence-electron chi connectivity index (χ2n) is 10.3. The summed E-state index contributed by atoms with van der Waals surface area (Å²) in [5, 5.41) is -5.82. The van der Waals surface area contributed by atoms with Crippen LogP contribution in [-0.4, -0.2) is 71.6 Å². The molecule has 6 radical (unpaired) electrons. The maximum atomic E-state index is 13.9. The minimum atomic E-state index is -6.56. The van der Waals surface area contributed by atoms with Crippen LogP contribution in [0.4, 0.5) is 22.0 Å². The smallest absolute Gasteiger partial charge is 0.432 e. The normalized spacial score (nSPS) is 29.6. The minimum absolute atomic E-state index is 0.0483. The molecule has 3 atom stereocenters. The molecule has 0 spiro atoms. The van der Waals surface area contributed by atoms with Crippen molar-refractivity contribution in [2.24, 2.45) is 23.7 Å². The van der Waals surface area contributed by atoms with Crippen molar-refractivity contribution in [3.05, 3.63) is 23.3 Å². The zero-order valence-corrected chi connectivity index (χ0v) is 20.5. The fraction of sp³-hybridized carbons (Fsp3) is 0.636. The minimum Gasteiger partial charge on any atom is -0.455 e. The molecule has 1 N–H and O–H groups in total. The Morgan fingerprint density at radius 2 is 1.66 bits per heavy atom. The molecule has 16 heteroatoms. The lowest BCUT2D eigenvalue weighted by atomic mass is 9.50. The third-order valence-electron chi connectivity index (χ3n) is 7.71. The number of rotatable bonds is 7. The highest BCUT2D eigenvalue weighted by atomic mass is 32.2. The second kappa shape index (κ2) is 9.53. The Morgan fingerprint density at radius 1 is 1.08 bits per heavy atom. The summed E-state index contributed by atoms with van der Waals surface area (Å²) in [6.45, 7) is 0. The number of carbonyl (C=O) groups excluding carboxylic acids is 2. The van der Waals surface area contributed by atoms with Crippen LogP contribution in [0, 0.1) is 23.7 Å². The number of esters is 2. The Bertz CT molecular complexity index is 1240. The number of hydrogen-bond acceptors (Lipinski definition) is 6. The maximum Gasteiger partial charge on any atom is 0.432 e. The maximum absolute atomic E-state index is 13.9. The van der Waals surface area contributed by atoms with Crippen molar-refractivity contribution in [2.75, 3.05) is 0 Å². The van der Waals surface area contributed by atoms with Crippen molar-refractivity contribution in [1.29, 1.82) is 0 Å². The van der Waals surface area contributed by atoms with E-state index in [-0.39, 0.29) is 41.6 Å². The monoisotopic (exact) mass is 556 g/mol. The summed E-state index contributed by atoms with van der Waals surface area (Å²) in [5.41, 5.74) is -0.322. The van der Waals surface area contributed by atoms with E-state index in [0.717, 1.165) is 0 Å². The van der Waals surface area contributed by atoms with Crippen LogP contribution in [0.3, 0.4) is 0 Å². The topological polar surface area (TPSA) is 107 Å². The molecule has 4 saturated carbocycles. The number of benzene rings is 1. The van der Waals surface area contributed by atoms with E-state index in [9.17, 15) is 40.0 Å². The summed E-state index contributed by atoms with van der Waals surface area (Å²) in [4.78, 5) is 25.9. The first kappa shape index (κ1) is 28.9. The molecule has 0 heterocycles. The van der Waals surface area contributed by atoms with Gasteiger partial charge in [-0.1, -0.05) is 29.4 Å². The van der Waals surface area contributed by atoms with Gasteiger partial charge < -0.3 is 9.47 Å². The molecule has 0 amide bonds. The van der Waals surface area contributed by atoms with E-state index in [2.05, 4.69) is 4.74 Å². The fourth-order valence-corrected chi connectivity index (χ4v) is 6.95. The summed E-state index contributed by atoms with van der Waals surface area (Å²) in [6, 6.07) is 2.79. The molecule has 3 unspecified atom stereocenters. The molecule has 4 bridgehead atoms. The van der Waals surface area contributed by atoms with Crippen LogP contribution < -0.4 is 10.9 Å². The highest BCUT2D eigenvalue weighted by Gasteiger charge is 2.67. The first-order valence-electron chi connectivity index (χ1n) is 11.6. The summed E-state index contributed by atoms with van der Waals surface area (Å²) in [5.74, 6) is -5.08. The molecule has 200 valence electrons. The van der Waals surface area contributed by atoms with Gasteiger partial charge in [-0.15, -0.1) is 0 Å². The quantitative estimate of drug-likeness (QED) is 0.234. The van der Waals surface area contributed by atoms with Crippen LogP contribution in [0.25, 0.3) is 0 Å². The van der Waals surface area contributed by atoms with Crippen molar-refractivity contribution in [3.8, 4) is 0 Å². The number of carbonyl (C=O) groups is 2. The van der Waals surface area contributed by atoms with E-state index in [1.807, 2.05) is 0 Å². The number of halogens is 5. The largest absolute Gasteiger partial charge is 0.455 e. The lowest BCUT2D eigenvalue weighted by molar-refractivity contribution is -0.265. The molecular weight excluding hydrogens is 536 g/mol. The average molecular weight is 556 g/mol. The van der Waals surface area contributed by atoms with Crippen molar-refractivity contribution < 1.29 is 54.0 Å². The zero-order valence-electron chi connectivity index (χ0n) is 19.7. The Labute approximate surface area is 219 Å². The van der Waals surface area contributed by atoms with E-state index < -0.39 is 62.9 Å². The Kier molecular flexibility index (Phi) is 7.25. The zero-order chi connectivity index (χ0) is 28.4. The second-order valence-corrected chi connectivity index (χ2v) is 11.8. The third kappa shape index (κ3) is 5.10. The van der Waals surface area contributed by atoms with Crippen LogP contribution in [0.2, 0.25) is 0 Å². The van der Waals surface area contributed by atoms with Crippen LogP contribution in [-0.2, 0) is 30.7 Å². The molecule has 1 aromatic carbocycles. The van der Waals surface area contributed by atoms with Gasteiger partial charge >= 0.3 is 33.5 Å². The van der Waals surface area contributed by atoms with Gasteiger partial charge in [0.2, 0.25) is 0 Å². The van der Waals surface area contributed by atoms with Gasteiger partial charge in [-0.3, -0.25) is 9.35 Å². The van der Waals surface area contributed by atoms with E-state index in [1.165, 1.54) is 12.1 Å². The highest BCUT2D eigenvalue weighted by molar-refractivity contribution is 7.86. The molecule has 4 aliphatic rings. The Morgan fingerprint density at radius 3 is 2.16 bits per heavy atom. The average Bonchev–Trinajstić information content (AvgIpc) is 2.74. The van der Waals surface area contributed by atoms with Gasteiger partial charge in [0.15, 0.2) is 0 Å². The van der Waals surface area contributed by atoms with Gasteiger partial charge in [0.25, 0.3) is 6.10 Å². The first-order chi connectivity index (χ1) is 17.4. The van der Waals surface area contributed by atoms with Crippen LogP contribution in [0.5, 0.6) is 0 Å². The van der Waals surface area contributed by atoms with Crippen molar-refractivity contribution >= 4 is 56.5 Å². The van der Waals surface area contributed by atoms with Gasteiger partial charge in [0.1, 0.15) is 21.3 Å². The molecule has 0 aromatic heterocycles. The first-order valence-corrected chi connectivity index (χ1v) is 13.1. The SMILES string of the molecule is [B]Cc1c([B])cc([B])cc1C(=O)OC12CC3CC(C1)C(C(=O)OC(C(F)(F)F)C(F)(F)S(=O)(=O)O)C(C3)C2. The highest BCUT2D eigenvalue weighted by Crippen LogP contribution is 2.60. The third-order valence-corrected chi connectivity index (χ3v) is 8.61. The van der Waals surface area contributed by atoms with E-state index >= 15 is 0 Å². The van der Waals surface area contributed by atoms with Gasteiger partial charge in [0, 0.05) is 0 Å². The number of hydrogen-bond donors (Lipinski definition) is 1. The standard InChI is InChI=1S/C22H20B3F5O7S/c23-8-14-13(3-12(24)4-15(14)25)17(31)37-20-5-9-1-10(6-20)16(11(2-9)7-20)18(32)36-19(21(26,27)28)22(29,30)38(33,34)35/h3-4,9-11,16,19H,1-2,5-8H2,(H,33,34,35). The molecule has 4 aliphatic carbocycles. The van der Waals surface area contributed by atoms with Crippen LogP contribution in [0.1, 0.15) is 48.0 Å². The predicted molar refractivity (Wildman–Crippen MR) is 124 cm³/mol. The lowest BCUT2D eigenvalue weighted by Gasteiger charge is -2.58. The van der Waals surface area contributed by atoms with Crippen molar-refractivity contribution in [1.82, 2.24) is 0 Å². The van der Waals surface area contributed by atoms with E-state index in [0.29, 0.717) is 24.8 Å². The summed E-state index contributed by atoms with van der Waals surface area (Å²) < 4.78 is 108. The van der Waals surface area contributed by atoms with Gasteiger partial charge in [-0.2, -0.15) is 30.4 Å². The predicted octanol–water partition coefficient (Wildman–Crippen LogP) is 1.25. The molecule has 0 aliphatic heterocycles. The molecule has 5 rings (SSSR count). The van der Waals surface area contributed by atoms with Crippen LogP contribution >= 0.6 is 0 Å². The van der Waals surface area contributed by atoms with Crippen molar-refractivity contribution in [3.63, 3.8) is 0 Å². The Balaban J connectivity index is 1.56. The Hall–Kier alpha value is -2.09. The van der Waals surface area contributed by atoms with Gasteiger partial charge in [-0.25, -0.2) is 4.79 Å². The summed E-state index contributed by atoms with van der Waals surface area (Å²) in [6.07, 6.45) is -9.25. The number of ether oxygens (including phenoxy) is 2. The van der Waals surface area contributed by atoms with Crippen LogP contribution in [0.15, 0.2) is 12.1 Å². The fourth-order valence-electron chi connectivity index (χ4n) is 6.49.